The van der Waals surface area contributed by atoms with E-state index < -0.39 is 5.97 Å². The highest BCUT2D eigenvalue weighted by Crippen LogP contribution is 2.16. The molecule has 2 rings (SSSR count). The van der Waals surface area contributed by atoms with Crippen molar-refractivity contribution in [2.75, 3.05) is 30.7 Å². The number of aromatic nitrogens is 1. The van der Waals surface area contributed by atoms with Crippen molar-refractivity contribution in [2.45, 2.75) is 12.8 Å². The summed E-state index contributed by atoms with van der Waals surface area (Å²) in [6, 6.07) is 2.78. The van der Waals surface area contributed by atoms with Gasteiger partial charge in [-0.05, 0) is 25.0 Å². The van der Waals surface area contributed by atoms with Gasteiger partial charge in [0.15, 0.2) is 11.5 Å². The van der Waals surface area contributed by atoms with Gasteiger partial charge in [-0.2, -0.15) is 0 Å². The van der Waals surface area contributed by atoms with Gasteiger partial charge < -0.3 is 21.1 Å². The van der Waals surface area contributed by atoms with Crippen molar-refractivity contribution in [1.29, 1.82) is 0 Å². The largest absolute Gasteiger partial charge is 0.477 e. The fourth-order valence-electron chi connectivity index (χ4n) is 1.97. The molecule has 2 heterocycles. The summed E-state index contributed by atoms with van der Waals surface area (Å²) in [5, 5.41) is 11.6. The highest BCUT2D eigenvalue weighted by Gasteiger charge is 2.18. The quantitative estimate of drug-likeness (QED) is 0.726. The van der Waals surface area contributed by atoms with Crippen molar-refractivity contribution in [1.82, 2.24) is 9.88 Å². The van der Waals surface area contributed by atoms with Crippen LogP contribution in [0.3, 0.4) is 0 Å². The van der Waals surface area contributed by atoms with Crippen LogP contribution >= 0.6 is 0 Å². The maximum Gasteiger partial charge on any atom is 0.354 e. The molecule has 0 atom stereocenters. The van der Waals surface area contributed by atoms with Gasteiger partial charge in [0.2, 0.25) is 5.91 Å². The molecule has 1 aromatic heterocycles. The second-order valence-electron chi connectivity index (χ2n) is 4.38. The summed E-state index contributed by atoms with van der Waals surface area (Å²) in [6.07, 6.45) is 2.06. The summed E-state index contributed by atoms with van der Waals surface area (Å²) in [5.41, 5.74) is 5.90. The molecule has 19 heavy (non-hydrogen) atoms. The Morgan fingerprint density at radius 3 is 2.68 bits per heavy atom. The number of aromatic carboxylic acids is 1. The van der Waals surface area contributed by atoms with E-state index in [9.17, 15) is 9.59 Å². The van der Waals surface area contributed by atoms with Crippen molar-refractivity contribution < 1.29 is 14.7 Å². The lowest BCUT2D eigenvalue weighted by Crippen LogP contribution is -2.33. The molecule has 0 unspecified atom stereocenters. The molecule has 1 aliphatic heterocycles. The Balaban J connectivity index is 2.00. The molecule has 7 heteroatoms. The van der Waals surface area contributed by atoms with Gasteiger partial charge in [0, 0.05) is 13.1 Å². The number of amides is 1. The number of pyridine rings is 1. The van der Waals surface area contributed by atoms with Crippen LogP contribution in [0.4, 0.5) is 11.5 Å². The van der Waals surface area contributed by atoms with Crippen LogP contribution in [0.5, 0.6) is 0 Å². The number of hydrogen-bond donors (Lipinski definition) is 3. The van der Waals surface area contributed by atoms with Crippen molar-refractivity contribution in [3.8, 4) is 0 Å². The fraction of sp³-hybridized carbons (Fsp3) is 0.417. The van der Waals surface area contributed by atoms with Crippen molar-refractivity contribution in [2.24, 2.45) is 0 Å². The first kappa shape index (κ1) is 13.1. The Labute approximate surface area is 110 Å². The Morgan fingerprint density at radius 1 is 1.37 bits per heavy atom. The lowest BCUT2D eigenvalue weighted by atomic mass is 10.3. The molecule has 0 aliphatic carbocycles. The maximum absolute atomic E-state index is 11.8. The number of carboxylic acid groups (broad SMARTS) is 1. The van der Waals surface area contributed by atoms with E-state index in [1.165, 1.54) is 12.1 Å². The molecule has 0 aromatic carbocycles. The van der Waals surface area contributed by atoms with Crippen LogP contribution in [0.2, 0.25) is 0 Å². The average Bonchev–Trinajstić information content (AvgIpc) is 2.91. The van der Waals surface area contributed by atoms with Gasteiger partial charge >= 0.3 is 5.97 Å². The van der Waals surface area contributed by atoms with Gasteiger partial charge in [-0.25, -0.2) is 9.78 Å². The molecule has 1 amide bonds. The predicted molar refractivity (Wildman–Crippen MR) is 69.9 cm³/mol. The first-order valence-electron chi connectivity index (χ1n) is 6.09. The molecule has 1 saturated heterocycles. The number of carboxylic acids is 1. The minimum absolute atomic E-state index is 0.0283. The van der Waals surface area contributed by atoms with E-state index in [2.05, 4.69) is 10.3 Å². The first-order valence-corrected chi connectivity index (χ1v) is 6.09. The van der Waals surface area contributed by atoms with Crippen LogP contribution in [0.1, 0.15) is 23.3 Å². The average molecular weight is 264 g/mol. The molecule has 1 aromatic rings. The molecule has 0 radical (unpaired) electrons. The second-order valence-corrected chi connectivity index (χ2v) is 4.38. The number of likely N-dealkylation sites (tertiary alicyclic amines) is 1. The summed E-state index contributed by atoms with van der Waals surface area (Å²) in [7, 11) is 0. The predicted octanol–water partition coefficient (Wildman–Crippen LogP) is 0.396. The molecule has 1 fully saturated rings. The highest BCUT2D eigenvalue weighted by atomic mass is 16.4. The molecule has 0 saturated carbocycles. The summed E-state index contributed by atoms with van der Waals surface area (Å²) in [6.45, 7) is 1.62. The third kappa shape index (κ3) is 3.12. The highest BCUT2D eigenvalue weighted by molar-refractivity contribution is 5.87. The third-order valence-corrected chi connectivity index (χ3v) is 3.01. The third-order valence-electron chi connectivity index (χ3n) is 3.01. The van der Waals surface area contributed by atoms with E-state index in [1.807, 2.05) is 0 Å². The summed E-state index contributed by atoms with van der Waals surface area (Å²) in [5.74, 6) is -0.930. The minimum atomic E-state index is -1.13. The Bertz CT molecular complexity index is 498. The normalized spacial score (nSPS) is 14.4. The zero-order valence-electron chi connectivity index (χ0n) is 10.4. The lowest BCUT2D eigenvalue weighted by Gasteiger charge is -2.16. The van der Waals surface area contributed by atoms with Gasteiger partial charge in [-0.3, -0.25) is 4.79 Å². The number of nitrogens with one attached hydrogen (secondary N) is 1. The van der Waals surface area contributed by atoms with E-state index in [1.54, 1.807) is 4.90 Å². The van der Waals surface area contributed by atoms with Gasteiger partial charge in [0.1, 0.15) is 0 Å². The van der Waals surface area contributed by atoms with Gasteiger partial charge in [0.25, 0.3) is 0 Å². The van der Waals surface area contributed by atoms with Crippen molar-refractivity contribution in [3.05, 3.63) is 17.8 Å². The van der Waals surface area contributed by atoms with Crippen LogP contribution in [-0.2, 0) is 4.79 Å². The zero-order chi connectivity index (χ0) is 13.8. The molecule has 7 nitrogen and oxygen atoms in total. The van der Waals surface area contributed by atoms with E-state index in [4.69, 9.17) is 10.8 Å². The van der Waals surface area contributed by atoms with Crippen molar-refractivity contribution in [3.63, 3.8) is 0 Å². The minimum Gasteiger partial charge on any atom is -0.477 e. The van der Waals surface area contributed by atoms with E-state index in [-0.39, 0.29) is 24.0 Å². The van der Waals surface area contributed by atoms with E-state index in [0.717, 1.165) is 25.9 Å². The first-order chi connectivity index (χ1) is 9.08. The molecule has 0 spiro atoms. The number of nitrogen functional groups attached to an aromatic ring is 1. The van der Waals surface area contributed by atoms with Crippen LogP contribution in [0.15, 0.2) is 12.1 Å². The monoisotopic (exact) mass is 264 g/mol. The number of nitrogens with zero attached hydrogens (tertiary/aromatic N) is 2. The smallest absolute Gasteiger partial charge is 0.354 e. The molecular weight excluding hydrogens is 248 g/mol. The molecular formula is C12H16N4O3. The summed E-state index contributed by atoms with van der Waals surface area (Å²) < 4.78 is 0. The number of rotatable bonds is 4. The standard InChI is InChI=1S/C12H16N4O3/c13-8-3-4-9(12(18)19)15-11(8)14-7-10(17)16-5-1-2-6-16/h3-4H,1-2,5-7,13H2,(H,14,15)(H,18,19). The Kier molecular flexibility index (Phi) is 3.84. The second kappa shape index (κ2) is 5.55. The number of carbonyl (C=O) groups excluding carboxylic acids is 1. The number of hydrogen-bond acceptors (Lipinski definition) is 5. The molecule has 102 valence electrons. The molecule has 4 N–H and O–H groups in total. The number of nitrogens with two attached hydrogens (primary N) is 1. The Hall–Kier alpha value is -2.31. The van der Waals surface area contributed by atoms with Crippen LogP contribution in [-0.4, -0.2) is 46.5 Å². The van der Waals surface area contributed by atoms with E-state index >= 15 is 0 Å². The maximum atomic E-state index is 11.8. The van der Waals surface area contributed by atoms with Crippen LogP contribution in [0.25, 0.3) is 0 Å². The number of carbonyl (C=O) groups is 2. The summed E-state index contributed by atoms with van der Waals surface area (Å²) in [4.78, 5) is 28.3. The van der Waals surface area contributed by atoms with Crippen LogP contribution < -0.4 is 11.1 Å². The molecule has 0 bridgehead atoms. The van der Waals surface area contributed by atoms with Crippen LogP contribution in [0, 0.1) is 0 Å². The Morgan fingerprint density at radius 2 is 2.05 bits per heavy atom. The van der Waals surface area contributed by atoms with E-state index in [0.29, 0.717) is 5.69 Å². The zero-order valence-corrected chi connectivity index (χ0v) is 10.4. The molecule has 1 aliphatic rings. The van der Waals surface area contributed by atoms with Gasteiger partial charge in [-0.15, -0.1) is 0 Å². The van der Waals surface area contributed by atoms with Gasteiger partial charge in [-0.1, -0.05) is 0 Å². The SMILES string of the molecule is Nc1ccc(C(=O)O)nc1NCC(=O)N1CCCC1. The van der Waals surface area contributed by atoms with Crippen molar-refractivity contribution >= 4 is 23.4 Å². The lowest BCUT2D eigenvalue weighted by molar-refractivity contribution is -0.128. The number of anilines is 2. The fourth-order valence-corrected chi connectivity index (χ4v) is 1.97. The topological polar surface area (TPSA) is 109 Å². The van der Waals surface area contributed by atoms with Gasteiger partial charge in [0.05, 0.1) is 12.2 Å². The summed E-state index contributed by atoms with van der Waals surface area (Å²) >= 11 is 0.